The van der Waals surface area contributed by atoms with Crippen molar-refractivity contribution in [2.45, 2.75) is 27.2 Å². The second-order valence-corrected chi connectivity index (χ2v) is 9.14. The number of nitrogens with one attached hydrogen (secondary N) is 1. The van der Waals surface area contributed by atoms with E-state index in [0.29, 0.717) is 13.2 Å². The molecule has 5 heteroatoms. The molecule has 35 heavy (non-hydrogen) atoms. The Hall–Kier alpha value is -3.57. The van der Waals surface area contributed by atoms with Crippen LogP contribution < -0.4 is 10.1 Å². The van der Waals surface area contributed by atoms with Crippen molar-refractivity contribution in [1.82, 2.24) is 10.2 Å². The fraction of sp³-hybridized carbons (Fsp3) is 0.300. The molecule has 0 aliphatic heterocycles. The van der Waals surface area contributed by atoms with Gasteiger partial charge >= 0.3 is 0 Å². The van der Waals surface area contributed by atoms with Crippen molar-refractivity contribution in [3.8, 4) is 16.9 Å². The predicted molar refractivity (Wildman–Crippen MR) is 145 cm³/mol. The first kappa shape index (κ1) is 24.6. The fourth-order valence-electron chi connectivity index (χ4n) is 4.54. The molecule has 0 bridgehead atoms. The number of carbonyl (C=O) groups excluding carboxylic acids is 1. The number of amides is 1. The Labute approximate surface area is 207 Å². The van der Waals surface area contributed by atoms with E-state index in [1.165, 1.54) is 10.8 Å². The summed E-state index contributed by atoms with van der Waals surface area (Å²) in [5.74, 6) is 0.663. The molecule has 0 spiro atoms. The lowest BCUT2D eigenvalue weighted by molar-refractivity contribution is -0.116. The van der Waals surface area contributed by atoms with Crippen molar-refractivity contribution in [2.24, 2.45) is 0 Å². The van der Waals surface area contributed by atoms with Gasteiger partial charge in [-0.15, -0.1) is 0 Å². The summed E-state index contributed by atoms with van der Waals surface area (Å²) >= 11 is 0. The quantitative estimate of drug-likeness (QED) is 0.226. The number of allylic oxidation sites excluding steroid dienone is 1. The standard InChI is InChI=1S/C30H34N2O3/c1-6-34-29-21(3)30-26(18-25(29)20(2)17-28(33)31-15-10-16-32(4)5)27(19-35-30)24-14-9-12-22-11-7-8-13-23(22)24/h7-9,11-14,17-19H,6,10,15-16H2,1-5H3,(H,31,33)/b20-17+. The van der Waals surface area contributed by atoms with E-state index in [4.69, 9.17) is 9.15 Å². The molecule has 0 aliphatic carbocycles. The minimum atomic E-state index is -0.0945. The lowest BCUT2D eigenvalue weighted by Gasteiger charge is -2.15. The second kappa shape index (κ2) is 10.8. The van der Waals surface area contributed by atoms with Crippen LogP contribution in [-0.2, 0) is 4.79 Å². The van der Waals surface area contributed by atoms with Crippen molar-refractivity contribution < 1.29 is 13.9 Å². The van der Waals surface area contributed by atoms with Crippen molar-refractivity contribution in [3.63, 3.8) is 0 Å². The lowest BCUT2D eigenvalue weighted by atomic mass is 9.94. The molecule has 1 N–H and O–H groups in total. The summed E-state index contributed by atoms with van der Waals surface area (Å²) in [6.07, 6.45) is 4.40. The zero-order valence-electron chi connectivity index (χ0n) is 21.3. The van der Waals surface area contributed by atoms with Crippen LogP contribution in [0.2, 0.25) is 0 Å². The van der Waals surface area contributed by atoms with Gasteiger partial charge < -0.3 is 19.4 Å². The number of rotatable bonds is 9. The Morgan fingerprint density at radius 1 is 1.09 bits per heavy atom. The number of hydrogen-bond donors (Lipinski definition) is 1. The Morgan fingerprint density at radius 2 is 1.86 bits per heavy atom. The number of nitrogens with zero attached hydrogens (tertiary/aromatic N) is 1. The lowest BCUT2D eigenvalue weighted by Crippen LogP contribution is -2.25. The minimum absolute atomic E-state index is 0.0945. The van der Waals surface area contributed by atoms with Crippen molar-refractivity contribution >= 4 is 33.2 Å². The summed E-state index contributed by atoms with van der Waals surface area (Å²) in [5, 5.41) is 6.36. The van der Waals surface area contributed by atoms with E-state index in [1.54, 1.807) is 6.08 Å². The van der Waals surface area contributed by atoms with Gasteiger partial charge in [-0.2, -0.15) is 0 Å². The topological polar surface area (TPSA) is 54.7 Å². The highest BCUT2D eigenvalue weighted by molar-refractivity contribution is 6.07. The third kappa shape index (κ3) is 5.25. The number of benzene rings is 3. The van der Waals surface area contributed by atoms with Gasteiger partial charge in [-0.3, -0.25) is 4.79 Å². The Kier molecular flexibility index (Phi) is 7.57. The monoisotopic (exact) mass is 470 g/mol. The molecule has 1 heterocycles. The molecule has 0 saturated carbocycles. The average molecular weight is 471 g/mol. The highest BCUT2D eigenvalue weighted by Gasteiger charge is 2.20. The van der Waals surface area contributed by atoms with E-state index in [2.05, 4.69) is 58.7 Å². The zero-order valence-corrected chi connectivity index (χ0v) is 21.3. The summed E-state index contributed by atoms with van der Waals surface area (Å²) in [4.78, 5) is 14.7. The number of ether oxygens (including phenoxy) is 1. The molecular weight excluding hydrogens is 436 g/mol. The third-order valence-corrected chi connectivity index (χ3v) is 6.27. The fourth-order valence-corrected chi connectivity index (χ4v) is 4.54. The highest BCUT2D eigenvalue weighted by Crippen LogP contribution is 2.42. The molecule has 0 fully saturated rings. The van der Waals surface area contributed by atoms with E-state index in [1.807, 2.05) is 41.1 Å². The first-order chi connectivity index (χ1) is 16.9. The van der Waals surface area contributed by atoms with Gasteiger partial charge in [-0.25, -0.2) is 0 Å². The Morgan fingerprint density at radius 3 is 2.63 bits per heavy atom. The average Bonchev–Trinajstić information content (AvgIpc) is 3.27. The van der Waals surface area contributed by atoms with Crippen LogP contribution in [-0.4, -0.2) is 44.6 Å². The number of carbonyl (C=O) groups is 1. The summed E-state index contributed by atoms with van der Waals surface area (Å²) in [5.41, 5.74) is 5.66. The second-order valence-electron chi connectivity index (χ2n) is 9.14. The Balaban J connectivity index is 1.77. The van der Waals surface area contributed by atoms with Crippen LogP contribution >= 0.6 is 0 Å². The molecule has 0 aliphatic rings. The molecule has 4 rings (SSSR count). The van der Waals surface area contributed by atoms with Crippen molar-refractivity contribution in [2.75, 3.05) is 33.8 Å². The van der Waals surface area contributed by atoms with E-state index >= 15 is 0 Å². The van der Waals surface area contributed by atoms with Crippen LogP contribution in [0.5, 0.6) is 5.75 Å². The largest absolute Gasteiger partial charge is 0.493 e. The molecule has 4 aromatic rings. The molecule has 182 valence electrons. The van der Waals surface area contributed by atoms with Gasteiger partial charge in [0.2, 0.25) is 5.91 Å². The molecule has 5 nitrogen and oxygen atoms in total. The van der Waals surface area contributed by atoms with Gasteiger partial charge in [-0.05, 0) is 75.8 Å². The van der Waals surface area contributed by atoms with Gasteiger partial charge in [0, 0.05) is 34.7 Å². The third-order valence-electron chi connectivity index (χ3n) is 6.27. The van der Waals surface area contributed by atoms with E-state index < -0.39 is 0 Å². The first-order valence-electron chi connectivity index (χ1n) is 12.2. The van der Waals surface area contributed by atoms with Crippen LogP contribution in [0.25, 0.3) is 38.4 Å². The van der Waals surface area contributed by atoms with Crippen molar-refractivity contribution in [3.05, 3.63) is 72.0 Å². The molecule has 1 amide bonds. The van der Waals surface area contributed by atoms with Crippen LogP contribution in [0.15, 0.2) is 65.3 Å². The summed E-state index contributed by atoms with van der Waals surface area (Å²) in [7, 11) is 4.06. The summed E-state index contributed by atoms with van der Waals surface area (Å²) < 4.78 is 12.1. The Bertz CT molecular complexity index is 1380. The maximum absolute atomic E-state index is 12.6. The zero-order chi connectivity index (χ0) is 24.9. The maximum Gasteiger partial charge on any atom is 0.244 e. The van der Waals surface area contributed by atoms with Crippen LogP contribution in [0, 0.1) is 6.92 Å². The molecule has 0 radical (unpaired) electrons. The first-order valence-corrected chi connectivity index (χ1v) is 12.2. The molecule has 3 aromatic carbocycles. The summed E-state index contributed by atoms with van der Waals surface area (Å²) in [6.45, 7) is 8.05. The van der Waals surface area contributed by atoms with Gasteiger partial charge in [0.15, 0.2) is 0 Å². The van der Waals surface area contributed by atoms with Crippen molar-refractivity contribution in [1.29, 1.82) is 0 Å². The van der Waals surface area contributed by atoms with E-state index in [0.717, 1.165) is 57.5 Å². The van der Waals surface area contributed by atoms with E-state index in [9.17, 15) is 4.79 Å². The molecule has 0 unspecified atom stereocenters. The smallest absolute Gasteiger partial charge is 0.244 e. The minimum Gasteiger partial charge on any atom is -0.493 e. The van der Waals surface area contributed by atoms with E-state index in [-0.39, 0.29) is 5.91 Å². The van der Waals surface area contributed by atoms with Crippen LogP contribution in [0.4, 0.5) is 0 Å². The number of furan rings is 1. The molecule has 0 saturated heterocycles. The summed E-state index contributed by atoms with van der Waals surface area (Å²) in [6, 6.07) is 16.8. The van der Waals surface area contributed by atoms with Gasteiger partial charge in [-0.1, -0.05) is 42.5 Å². The normalized spacial score (nSPS) is 12.0. The molecule has 1 aromatic heterocycles. The SMILES string of the molecule is CCOc1c(/C(C)=C/C(=O)NCCCN(C)C)cc2c(-c3cccc4ccccc34)coc2c1C. The number of aryl methyl sites for hydroxylation is 1. The number of fused-ring (bicyclic) bond motifs is 2. The van der Waals surface area contributed by atoms with Gasteiger partial charge in [0.25, 0.3) is 0 Å². The van der Waals surface area contributed by atoms with Gasteiger partial charge in [0.1, 0.15) is 11.3 Å². The number of hydrogen-bond acceptors (Lipinski definition) is 4. The highest BCUT2D eigenvalue weighted by atomic mass is 16.5. The predicted octanol–water partition coefficient (Wildman–Crippen LogP) is 6.43. The van der Waals surface area contributed by atoms with Crippen LogP contribution in [0.3, 0.4) is 0 Å². The van der Waals surface area contributed by atoms with Crippen LogP contribution in [0.1, 0.15) is 31.4 Å². The maximum atomic E-state index is 12.6. The molecule has 0 atom stereocenters. The molecular formula is C30H34N2O3. The van der Waals surface area contributed by atoms with Gasteiger partial charge in [0.05, 0.1) is 12.9 Å².